The molecule has 2 aromatic carbocycles. The van der Waals surface area contributed by atoms with Gasteiger partial charge >= 0.3 is 0 Å². The first-order valence-electron chi connectivity index (χ1n) is 7.42. The Balaban J connectivity index is 2.02. The SMILES string of the molecule is COc1ccc(C(CC(N)=O)N2C(=O)c3ccccc3C2=O)cc1. The molecule has 0 radical (unpaired) electrons. The van der Waals surface area contributed by atoms with E-state index in [0.717, 1.165) is 4.90 Å². The maximum Gasteiger partial charge on any atom is 0.262 e. The third kappa shape index (κ3) is 2.62. The first kappa shape index (κ1) is 15.7. The molecule has 1 aliphatic heterocycles. The van der Waals surface area contributed by atoms with Crippen LogP contribution < -0.4 is 10.5 Å². The average molecular weight is 324 g/mol. The zero-order valence-electron chi connectivity index (χ0n) is 13.1. The lowest BCUT2D eigenvalue weighted by Gasteiger charge is -2.25. The number of benzene rings is 2. The van der Waals surface area contributed by atoms with Gasteiger partial charge < -0.3 is 10.5 Å². The van der Waals surface area contributed by atoms with Gasteiger partial charge in [0.2, 0.25) is 5.91 Å². The van der Waals surface area contributed by atoms with Crippen LogP contribution in [0.1, 0.15) is 38.7 Å². The van der Waals surface area contributed by atoms with E-state index in [0.29, 0.717) is 22.4 Å². The number of ether oxygens (including phenoxy) is 1. The van der Waals surface area contributed by atoms with Crippen LogP contribution in [0.5, 0.6) is 5.75 Å². The van der Waals surface area contributed by atoms with E-state index in [1.54, 1.807) is 55.6 Å². The van der Waals surface area contributed by atoms with Crippen molar-refractivity contribution >= 4 is 17.7 Å². The van der Waals surface area contributed by atoms with Gasteiger partial charge in [-0.05, 0) is 29.8 Å². The normalized spacial score (nSPS) is 14.5. The summed E-state index contributed by atoms with van der Waals surface area (Å²) in [5, 5.41) is 0. The number of fused-ring (bicyclic) bond motifs is 1. The van der Waals surface area contributed by atoms with Gasteiger partial charge in [0.25, 0.3) is 11.8 Å². The number of rotatable bonds is 5. The number of carbonyl (C=O) groups is 3. The lowest BCUT2D eigenvalue weighted by Crippen LogP contribution is -2.36. The molecule has 1 aliphatic rings. The van der Waals surface area contributed by atoms with Crippen LogP contribution in [0.25, 0.3) is 0 Å². The van der Waals surface area contributed by atoms with Crippen molar-refractivity contribution in [1.82, 2.24) is 4.90 Å². The molecule has 3 rings (SSSR count). The zero-order valence-corrected chi connectivity index (χ0v) is 13.1. The quantitative estimate of drug-likeness (QED) is 0.851. The van der Waals surface area contributed by atoms with Crippen molar-refractivity contribution in [2.24, 2.45) is 5.73 Å². The number of primary amides is 1. The predicted octanol–water partition coefficient (Wildman–Crippen LogP) is 1.91. The fraction of sp³-hybridized carbons (Fsp3) is 0.167. The summed E-state index contributed by atoms with van der Waals surface area (Å²) in [6.45, 7) is 0. The van der Waals surface area contributed by atoms with Gasteiger partial charge in [-0.2, -0.15) is 0 Å². The molecule has 3 amide bonds. The van der Waals surface area contributed by atoms with Crippen molar-refractivity contribution in [3.63, 3.8) is 0 Å². The van der Waals surface area contributed by atoms with Gasteiger partial charge in [-0.15, -0.1) is 0 Å². The molecule has 24 heavy (non-hydrogen) atoms. The molecule has 6 heteroatoms. The Kier molecular flexibility index (Phi) is 4.04. The summed E-state index contributed by atoms with van der Waals surface area (Å²) in [5.74, 6) is -0.790. The number of nitrogens with zero attached hydrogens (tertiary/aromatic N) is 1. The monoisotopic (exact) mass is 324 g/mol. The highest BCUT2D eigenvalue weighted by atomic mass is 16.5. The standard InChI is InChI=1S/C18H16N2O4/c1-24-12-8-6-11(7-9-12)15(10-16(19)21)20-17(22)13-4-2-3-5-14(13)18(20)23/h2-9,15H,10H2,1H3,(H2,19,21). The predicted molar refractivity (Wildman–Crippen MR) is 86.5 cm³/mol. The van der Waals surface area contributed by atoms with E-state index in [-0.39, 0.29) is 6.42 Å². The molecule has 6 nitrogen and oxygen atoms in total. The first-order valence-corrected chi connectivity index (χ1v) is 7.42. The Hall–Kier alpha value is -3.15. The van der Waals surface area contributed by atoms with E-state index in [9.17, 15) is 14.4 Å². The molecular formula is C18H16N2O4. The van der Waals surface area contributed by atoms with Crippen molar-refractivity contribution in [2.75, 3.05) is 7.11 Å². The lowest BCUT2D eigenvalue weighted by molar-refractivity contribution is -0.118. The topological polar surface area (TPSA) is 89.7 Å². The zero-order chi connectivity index (χ0) is 17.3. The van der Waals surface area contributed by atoms with E-state index < -0.39 is 23.8 Å². The van der Waals surface area contributed by atoms with Crippen LogP contribution in [0.15, 0.2) is 48.5 Å². The molecule has 1 atom stereocenters. The van der Waals surface area contributed by atoms with Crippen molar-refractivity contribution in [2.45, 2.75) is 12.5 Å². The van der Waals surface area contributed by atoms with E-state index in [2.05, 4.69) is 0 Å². The van der Waals surface area contributed by atoms with Crippen LogP contribution in [0, 0.1) is 0 Å². The highest BCUT2D eigenvalue weighted by Crippen LogP contribution is 2.33. The summed E-state index contributed by atoms with van der Waals surface area (Å²) in [4.78, 5) is 37.9. The molecule has 1 heterocycles. The summed E-state index contributed by atoms with van der Waals surface area (Å²) < 4.78 is 5.11. The molecule has 0 bridgehead atoms. The first-order chi connectivity index (χ1) is 11.5. The Bertz CT molecular complexity index is 779. The molecule has 0 saturated carbocycles. The minimum absolute atomic E-state index is 0.141. The number of hydrogen-bond acceptors (Lipinski definition) is 4. The van der Waals surface area contributed by atoms with Crippen molar-refractivity contribution in [1.29, 1.82) is 0 Å². The van der Waals surface area contributed by atoms with E-state index in [1.807, 2.05) is 0 Å². The van der Waals surface area contributed by atoms with Gasteiger partial charge in [-0.3, -0.25) is 19.3 Å². The van der Waals surface area contributed by atoms with Crippen LogP contribution in [0.2, 0.25) is 0 Å². The maximum atomic E-state index is 12.7. The minimum atomic E-state index is -0.749. The second-order valence-electron chi connectivity index (χ2n) is 5.49. The van der Waals surface area contributed by atoms with Gasteiger partial charge in [0.1, 0.15) is 5.75 Å². The Morgan fingerprint density at radius 2 is 1.58 bits per heavy atom. The average Bonchev–Trinajstić information content (AvgIpc) is 2.84. The Labute approximate surface area is 138 Å². The molecule has 0 spiro atoms. The third-order valence-electron chi connectivity index (χ3n) is 4.03. The van der Waals surface area contributed by atoms with E-state index >= 15 is 0 Å². The van der Waals surface area contributed by atoms with Gasteiger partial charge in [-0.1, -0.05) is 24.3 Å². The molecule has 122 valence electrons. The Morgan fingerprint density at radius 3 is 2.04 bits per heavy atom. The van der Waals surface area contributed by atoms with Gasteiger partial charge in [-0.25, -0.2) is 0 Å². The lowest BCUT2D eigenvalue weighted by atomic mass is 10.0. The van der Waals surface area contributed by atoms with Gasteiger partial charge in [0.15, 0.2) is 0 Å². The molecule has 0 fully saturated rings. The molecule has 0 aliphatic carbocycles. The van der Waals surface area contributed by atoms with Crippen molar-refractivity contribution in [3.05, 3.63) is 65.2 Å². The number of methoxy groups -OCH3 is 1. The fourth-order valence-corrected chi connectivity index (χ4v) is 2.87. The third-order valence-corrected chi connectivity index (χ3v) is 4.03. The molecule has 1 unspecified atom stereocenters. The largest absolute Gasteiger partial charge is 0.497 e. The molecule has 0 saturated heterocycles. The molecule has 0 aromatic heterocycles. The summed E-state index contributed by atoms with van der Waals surface area (Å²) in [6, 6.07) is 12.7. The van der Waals surface area contributed by atoms with Crippen LogP contribution in [0.4, 0.5) is 0 Å². The number of amides is 3. The summed E-state index contributed by atoms with van der Waals surface area (Å²) in [6.07, 6.45) is -0.141. The number of imide groups is 1. The smallest absolute Gasteiger partial charge is 0.262 e. The fourth-order valence-electron chi connectivity index (χ4n) is 2.87. The van der Waals surface area contributed by atoms with Crippen LogP contribution in [0.3, 0.4) is 0 Å². The van der Waals surface area contributed by atoms with Crippen molar-refractivity contribution < 1.29 is 19.1 Å². The number of carbonyl (C=O) groups excluding carboxylic acids is 3. The van der Waals surface area contributed by atoms with Crippen LogP contribution in [-0.4, -0.2) is 29.7 Å². The Morgan fingerprint density at radius 1 is 1.04 bits per heavy atom. The highest BCUT2D eigenvalue weighted by Gasteiger charge is 2.40. The maximum absolute atomic E-state index is 12.7. The molecule has 2 N–H and O–H groups in total. The number of nitrogens with two attached hydrogens (primary N) is 1. The van der Waals surface area contributed by atoms with Crippen LogP contribution >= 0.6 is 0 Å². The van der Waals surface area contributed by atoms with Gasteiger partial charge in [0.05, 0.1) is 30.7 Å². The van der Waals surface area contributed by atoms with Crippen LogP contribution in [-0.2, 0) is 4.79 Å². The second-order valence-corrected chi connectivity index (χ2v) is 5.49. The van der Waals surface area contributed by atoms with Crippen molar-refractivity contribution in [3.8, 4) is 5.75 Å². The summed E-state index contributed by atoms with van der Waals surface area (Å²) in [7, 11) is 1.54. The molecule has 2 aromatic rings. The summed E-state index contributed by atoms with van der Waals surface area (Å²) >= 11 is 0. The van der Waals surface area contributed by atoms with E-state index in [1.165, 1.54) is 0 Å². The van der Waals surface area contributed by atoms with E-state index in [4.69, 9.17) is 10.5 Å². The highest BCUT2D eigenvalue weighted by molar-refractivity contribution is 6.21. The summed E-state index contributed by atoms with van der Waals surface area (Å²) in [5.41, 5.74) is 6.66. The second kappa shape index (κ2) is 6.16. The van der Waals surface area contributed by atoms with Gasteiger partial charge in [0, 0.05) is 0 Å². The number of hydrogen-bond donors (Lipinski definition) is 1. The minimum Gasteiger partial charge on any atom is -0.497 e. The molecular weight excluding hydrogens is 308 g/mol.